The SMILES string of the molecule is COC1CCC(NC(C)c2ccc(C(F)(F)F)cc2)CC1. The Morgan fingerprint density at radius 3 is 2.14 bits per heavy atom. The monoisotopic (exact) mass is 301 g/mol. The van der Waals surface area contributed by atoms with Gasteiger partial charge >= 0.3 is 6.18 Å². The molecule has 0 bridgehead atoms. The molecular weight excluding hydrogens is 279 g/mol. The molecule has 0 spiro atoms. The number of ether oxygens (including phenoxy) is 1. The van der Waals surface area contributed by atoms with Crippen molar-refractivity contribution in [3.05, 3.63) is 35.4 Å². The summed E-state index contributed by atoms with van der Waals surface area (Å²) < 4.78 is 42.9. The van der Waals surface area contributed by atoms with Gasteiger partial charge in [0.2, 0.25) is 0 Å². The lowest BCUT2D eigenvalue weighted by Gasteiger charge is -2.30. The summed E-state index contributed by atoms with van der Waals surface area (Å²) in [6, 6.07) is 5.87. The zero-order valence-corrected chi connectivity index (χ0v) is 12.4. The van der Waals surface area contributed by atoms with E-state index in [0.29, 0.717) is 12.1 Å². The van der Waals surface area contributed by atoms with Gasteiger partial charge < -0.3 is 10.1 Å². The number of halogens is 3. The van der Waals surface area contributed by atoms with Crippen LogP contribution in [0.25, 0.3) is 0 Å². The summed E-state index contributed by atoms with van der Waals surface area (Å²) in [5.74, 6) is 0. The molecule has 1 fully saturated rings. The Morgan fingerprint density at radius 2 is 1.67 bits per heavy atom. The first-order valence-corrected chi connectivity index (χ1v) is 7.36. The molecule has 1 aliphatic carbocycles. The van der Waals surface area contributed by atoms with Crippen molar-refractivity contribution in [1.82, 2.24) is 5.32 Å². The molecule has 1 aliphatic rings. The molecule has 1 unspecified atom stereocenters. The minimum Gasteiger partial charge on any atom is -0.381 e. The van der Waals surface area contributed by atoms with Crippen LogP contribution in [0.15, 0.2) is 24.3 Å². The van der Waals surface area contributed by atoms with E-state index in [1.165, 1.54) is 0 Å². The topological polar surface area (TPSA) is 21.3 Å². The van der Waals surface area contributed by atoms with Crippen molar-refractivity contribution in [3.8, 4) is 0 Å². The molecule has 0 aliphatic heterocycles. The van der Waals surface area contributed by atoms with Crippen LogP contribution in [0.4, 0.5) is 13.2 Å². The lowest BCUT2D eigenvalue weighted by Crippen LogP contribution is -2.36. The van der Waals surface area contributed by atoms with Crippen LogP contribution in [-0.2, 0) is 10.9 Å². The highest BCUT2D eigenvalue weighted by Gasteiger charge is 2.30. The van der Waals surface area contributed by atoms with E-state index in [1.807, 2.05) is 6.92 Å². The van der Waals surface area contributed by atoms with Crippen LogP contribution in [0.5, 0.6) is 0 Å². The van der Waals surface area contributed by atoms with Gasteiger partial charge in [-0.15, -0.1) is 0 Å². The molecule has 0 heterocycles. The van der Waals surface area contributed by atoms with Crippen molar-refractivity contribution >= 4 is 0 Å². The summed E-state index contributed by atoms with van der Waals surface area (Å²) in [6.45, 7) is 1.99. The van der Waals surface area contributed by atoms with Crippen molar-refractivity contribution in [2.24, 2.45) is 0 Å². The molecule has 118 valence electrons. The van der Waals surface area contributed by atoms with E-state index in [-0.39, 0.29) is 6.04 Å². The van der Waals surface area contributed by atoms with E-state index < -0.39 is 11.7 Å². The van der Waals surface area contributed by atoms with Crippen molar-refractivity contribution < 1.29 is 17.9 Å². The van der Waals surface area contributed by atoms with Gasteiger partial charge in [-0.1, -0.05) is 12.1 Å². The third-order valence-corrected chi connectivity index (χ3v) is 4.23. The maximum absolute atomic E-state index is 12.5. The van der Waals surface area contributed by atoms with Crippen LogP contribution >= 0.6 is 0 Å². The molecule has 1 atom stereocenters. The van der Waals surface area contributed by atoms with Gasteiger partial charge in [-0.25, -0.2) is 0 Å². The first-order chi connectivity index (χ1) is 9.90. The van der Waals surface area contributed by atoms with Crippen molar-refractivity contribution in [2.45, 2.75) is 57.0 Å². The van der Waals surface area contributed by atoms with Gasteiger partial charge in [-0.3, -0.25) is 0 Å². The Hall–Kier alpha value is -1.07. The second-order valence-corrected chi connectivity index (χ2v) is 5.72. The van der Waals surface area contributed by atoms with E-state index in [9.17, 15) is 13.2 Å². The minimum atomic E-state index is -4.27. The third-order valence-electron chi connectivity index (χ3n) is 4.23. The highest BCUT2D eigenvalue weighted by atomic mass is 19.4. The van der Waals surface area contributed by atoms with Crippen LogP contribution in [0.3, 0.4) is 0 Å². The number of nitrogens with one attached hydrogen (secondary N) is 1. The first-order valence-electron chi connectivity index (χ1n) is 7.36. The second kappa shape index (κ2) is 6.79. The van der Waals surface area contributed by atoms with Crippen LogP contribution in [0.1, 0.15) is 49.8 Å². The van der Waals surface area contributed by atoms with Crippen molar-refractivity contribution in [1.29, 1.82) is 0 Å². The normalized spacial score (nSPS) is 24.8. The molecule has 2 nitrogen and oxygen atoms in total. The molecule has 0 aromatic heterocycles. The van der Waals surface area contributed by atoms with Gasteiger partial charge in [0.1, 0.15) is 0 Å². The van der Waals surface area contributed by atoms with E-state index in [0.717, 1.165) is 43.4 Å². The van der Waals surface area contributed by atoms with Gasteiger partial charge in [-0.2, -0.15) is 13.2 Å². The molecule has 1 aromatic rings. The predicted molar refractivity (Wildman–Crippen MR) is 76.0 cm³/mol. The second-order valence-electron chi connectivity index (χ2n) is 5.72. The number of hydrogen-bond donors (Lipinski definition) is 1. The largest absolute Gasteiger partial charge is 0.416 e. The summed E-state index contributed by atoms with van der Waals surface area (Å²) in [5, 5.41) is 3.50. The number of methoxy groups -OCH3 is 1. The van der Waals surface area contributed by atoms with Gasteiger partial charge in [0.05, 0.1) is 11.7 Å². The number of benzene rings is 1. The summed E-state index contributed by atoms with van der Waals surface area (Å²) in [6.07, 6.45) is 0.243. The smallest absolute Gasteiger partial charge is 0.381 e. The molecule has 0 amide bonds. The molecule has 0 saturated heterocycles. The molecule has 21 heavy (non-hydrogen) atoms. The standard InChI is InChI=1S/C16H22F3NO/c1-11(20-14-7-9-15(21-2)10-8-14)12-3-5-13(6-4-12)16(17,18)19/h3-6,11,14-15,20H,7-10H2,1-2H3. The molecule has 5 heteroatoms. The zero-order chi connectivity index (χ0) is 15.5. The number of hydrogen-bond acceptors (Lipinski definition) is 2. The molecule has 1 N–H and O–H groups in total. The van der Waals surface area contributed by atoms with Crippen LogP contribution in [0.2, 0.25) is 0 Å². The Kier molecular flexibility index (Phi) is 5.27. The number of alkyl halides is 3. The van der Waals surface area contributed by atoms with Crippen molar-refractivity contribution in [2.75, 3.05) is 7.11 Å². The van der Waals surface area contributed by atoms with Gasteiger partial charge in [0.25, 0.3) is 0 Å². The highest BCUT2D eigenvalue weighted by Crippen LogP contribution is 2.30. The summed E-state index contributed by atoms with van der Waals surface area (Å²) in [5.41, 5.74) is 0.288. The minimum absolute atomic E-state index is 0.0522. The first kappa shape index (κ1) is 16.3. The summed E-state index contributed by atoms with van der Waals surface area (Å²) in [7, 11) is 1.74. The number of rotatable bonds is 4. The highest BCUT2D eigenvalue weighted by molar-refractivity contribution is 5.26. The molecular formula is C16H22F3NO. The zero-order valence-electron chi connectivity index (χ0n) is 12.4. The summed E-state index contributed by atoms with van der Waals surface area (Å²) in [4.78, 5) is 0. The van der Waals surface area contributed by atoms with Crippen LogP contribution in [-0.4, -0.2) is 19.3 Å². The van der Waals surface area contributed by atoms with E-state index in [4.69, 9.17) is 4.74 Å². The Balaban J connectivity index is 1.90. The van der Waals surface area contributed by atoms with E-state index in [2.05, 4.69) is 5.32 Å². The lowest BCUT2D eigenvalue weighted by atomic mass is 9.92. The van der Waals surface area contributed by atoms with Gasteiger partial charge in [0.15, 0.2) is 0 Å². The third kappa shape index (κ3) is 4.45. The maximum atomic E-state index is 12.5. The van der Waals surface area contributed by atoms with Crippen LogP contribution in [0, 0.1) is 0 Å². The maximum Gasteiger partial charge on any atom is 0.416 e. The molecule has 2 rings (SSSR count). The Morgan fingerprint density at radius 1 is 1.10 bits per heavy atom. The average molecular weight is 301 g/mol. The average Bonchev–Trinajstić information content (AvgIpc) is 2.47. The van der Waals surface area contributed by atoms with E-state index >= 15 is 0 Å². The van der Waals surface area contributed by atoms with Crippen molar-refractivity contribution in [3.63, 3.8) is 0 Å². The summed E-state index contributed by atoms with van der Waals surface area (Å²) >= 11 is 0. The fraction of sp³-hybridized carbons (Fsp3) is 0.625. The quantitative estimate of drug-likeness (QED) is 0.894. The van der Waals surface area contributed by atoms with Gasteiger partial charge in [-0.05, 0) is 50.3 Å². The lowest BCUT2D eigenvalue weighted by molar-refractivity contribution is -0.137. The Bertz CT molecular complexity index is 436. The Labute approximate surface area is 123 Å². The molecule has 1 saturated carbocycles. The fourth-order valence-electron chi connectivity index (χ4n) is 2.88. The molecule has 0 radical (unpaired) electrons. The fourth-order valence-corrected chi connectivity index (χ4v) is 2.88. The van der Waals surface area contributed by atoms with E-state index in [1.54, 1.807) is 19.2 Å². The predicted octanol–water partition coefficient (Wildman–Crippen LogP) is 4.31. The van der Waals surface area contributed by atoms with Crippen LogP contribution < -0.4 is 5.32 Å². The molecule has 1 aromatic carbocycles. The van der Waals surface area contributed by atoms with Gasteiger partial charge in [0, 0.05) is 19.2 Å².